The molecule has 0 atom stereocenters. The first-order valence-corrected chi connectivity index (χ1v) is 5.98. The van der Waals surface area contributed by atoms with Crippen LogP contribution in [0.3, 0.4) is 0 Å². The molecule has 2 N–H and O–H groups in total. The molecule has 0 aliphatic carbocycles. The van der Waals surface area contributed by atoms with Crippen molar-refractivity contribution in [2.75, 3.05) is 5.32 Å². The Kier molecular flexibility index (Phi) is 3.29. The Morgan fingerprint density at radius 1 is 1.39 bits per heavy atom. The van der Waals surface area contributed by atoms with Crippen LogP contribution in [0.2, 0.25) is 0 Å². The number of nitrogens with zero attached hydrogens (tertiary/aromatic N) is 1. The third-order valence-electron chi connectivity index (χ3n) is 2.38. The number of carboxylic acids is 1. The summed E-state index contributed by atoms with van der Waals surface area (Å²) in [6.07, 6.45) is 0. The minimum atomic E-state index is -1.04. The topological polar surface area (TPSA) is 62.2 Å². The van der Waals surface area contributed by atoms with Crippen LogP contribution in [0.4, 0.5) is 15.1 Å². The molecule has 94 valence electrons. The minimum absolute atomic E-state index is 0.127. The summed E-state index contributed by atoms with van der Waals surface area (Å²) in [7, 11) is 0. The molecule has 0 fully saturated rings. The van der Waals surface area contributed by atoms with Gasteiger partial charge in [-0.15, -0.1) is 0 Å². The highest BCUT2D eigenvalue weighted by Gasteiger charge is 2.17. The zero-order valence-corrected chi connectivity index (χ0v) is 10.6. The first-order chi connectivity index (χ1) is 8.47. The molecular weight excluding hydrogens is 255 g/mol. The number of benzene rings is 1. The fourth-order valence-electron chi connectivity index (χ4n) is 1.65. The molecule has 1 aromatic carbocycles. The number of aryl methyl sites for hydroxylation is 2. The molecule has 0 amide bonds. The molecule has 2 rings (SSSR count). The summed E-state index contributed by atoms with van der Waals surface area (Å²) in [6, 6.07) is 4.46. The lowest BCUT2D eigenvalue weighted by atomic mass is 10.2. The Morgan fingerprint density at radius 2 is 2.11 bits per heavy atom. The van der Waals surface area contributed by atoms with Crippen molar-refractivity contribution in [2.24, 2.45) is 0 Å². The summed E-state index contributed by atoms with van der Waals surface area (Å²) in [6.45, 7) is 3.40. The molecule has 2 aromatic rings. The van der Waals surface area contributed by atoms with Crippen molar-refractivity contribution in [2.45, 2.75) is 13.8 Å². The molecule has 4 nitrogen and oxygen atoms in total. The fourth-order valence-corrected chi connectivity index (χ4v) is 2.46. The van der Waals surface area contributed by atoms with E-state index in [1.54, 1.807) is 19.9 Å². The molecule has 1 heterocycles. The average molecular weight is 266 g/mol. The van der Waals surface area contributed by atoms with Crippen LogP contribution in [-0.4, -0.2) is 15.4 Å². The van der Waals surface area contributed by atoms with E-state index in [1.165, 1.54) is 12.1 Å². The Morgan fingerprint density at radius 3 is 2.72 bits per heavy atom. The van der Waals surface area contributed by atoms with E-state index < -0.39 is 5.97 Å². The SMILES string of the molecule is Cc1cc(F)cc(Nc2snc(C)c2C(=O)O)c1. The number of halogens is 1. The van der Waals surface area contributed by atoms with Crippen LogP contribution in [0.5, 0.6) is 0 Å². The van der Waals surface area contributed by atoms with Gasteiger partial charge in [-0.3, -0.25) is 0 Å². The normalized spacial score (nSPS) is 10.4. The van der Waals surface area contributed by atoms with Crippen LogP contribution in [-0.2, 0) is 0 Å². The van der Waals surface area contributed by atoms with E-state index in [2.05, 4.69) is 9.69 Å². The Hall–Kier alpha value is -1.95. The summed E-state index contributed by atoms with van der Waals surface area (Å²) in [5.41, 5.74) is 1.85. The first-order valence-electron chi connectivity index (χ1n) is 5.21. The highest BCUT2D eigenvalue weighted by atomic mass is 32.1. The highest BCUT2D eigenvalue weighted by Crippen LogP contribution is 2.28. The lowest BCUT2D eigenvalue weighted by Gasteiger charge is -2.06. The quantitative estimate of drug-likeness (QED) is 0.894. The van der Waals surface area contributed by atoms with Crippen molar-refractivity contribution in [3.63, 3.8) is 0 Å². The van der Waals surface area contributed by atoms with Crippen LogP contribution in [0.25, 0.3) is 0 Å². The van der Waals surface area contributed by atoms with Gasteiger partial charge in [0.05, 0.1) is 5.69 Å². The fraction of sp³-hybridized carbons (Fsp3) is 0.167. The van der Waals surface area contributed by atoms with Crippen LogP contribution in [0.1, 0.15) is 21.6 Å². The number of rotatable bonds is 3. The van der Waals surface area contributed by atoms with E-state index in [0.29, 0.717) is 16.4 Å². The van der Waals surface area contributed by atoms with Gasteiger partial charge in [-0.2, -0.15) is 4.37 Å². The molecule has 0 spiro atoms. The molecular formula is C12H11FN2O2S. The van der Waals surface area contributed by atoms with Gasteiger partial charge in [-0.05, 0) is 49.1 Å². The van der Waals surface area contributed by atoms with Gasteiger partial charge in [0.2, 0.25) is 0 Å². The summed E-state index contributed by atoms with van der Waals surface area (Å²) in [4.78, 5) is 11.1. The van der Waals surface area contributed by atoms with Crippen molar-refractivity contribution in [3.8, 4) is 0 Å². The van der Waals surface area contributed by atoms with Crippen molar-refractivity contribution in [3.05, 3.63) is 40.8 Å². The zero-order chi connectivity index (χ0) is 13.3. The lowest BCUT2D eigenvalue weighted by Crippen LogP contribution is -2.01. The van der Waals surface area contributed by atoms with Crippen LogP contribution < -0.4 is 5.32 Å². The van der Waals surface area contributed by atoms with Gasteiger partial charge in [0.1, 0.15) is 16.4 Å². The largest absolute Gasteiger partial charge is 0.478 e. The third kappa shape index (κ3) is 2.48. The van der Waals surface area contributed by atoms with Crippen LogP contribution in [0.15, 0.2) is 18.2 Å². The predicted molar refractivity (Wildman–Crippen MR) is 68.2 cm³/mol. The van der Waals surface area contributed by atoms with E-state index in [9.17, 15) is 9.18 Å². The number of aromatic nitrogens is 1. The van der Waals surface area contributed by atoms with Gasteiger partial charge < -0.3 is 10.4 Å². The van der Waals surface area contributed by atoms with E-state index >= 15 is 0 Å². The Labute approximate surface area is 107 Å². The van der Waals surface area contributed by atoms with E-state index in [1.807, 2.05) is 0 Å². The number of aromatic carboxylic acids is 1. The van der Waals surface area contributed by atoms with E-state index in [0.717, 1.165) is 17.1 Å². The number of hydrogen-bond donors (Lipinski definition) is 2. The first kappa shape index (κ1) is 12.5. The summed E-state index contributed by atoms with van der Waals surface area (Å²) in [5.74, 6) is -1.41. The molecule has 18 heavy (non-hydrogen) atoms. The second kappa shape index (κ2) is 4.73. The smallest absolute Gasteiger partial charge is 0.340 e. The van der Waals surface area contributed by atoms with Crippen LogP contribution >= 0.6 is 11.5 Å². The van der Waals surface area contributed by atoms with E-state index in [4.69, 9.17) is 5.11 Å². The van der Waals surface area contributed by atoms with Crippen LogP contribution in [0, 0.1) is 19.7 Å². The summed E-state index contributed by atoms with van der Waals surface area (Å²) >= 11 is 1.05. The summed E-state index contributed by atoms with van der Waals surface area (Å²) < 4.78 is 17.2. The second-order valence-electron chi connectivity index (χ2n) is 3.92. The number of hydrogen-bond acceptors (Lipinski definition) is 4. The lowest BCUT2D eigenvalue weighted by molar-refractivity contribution is 0.0697. The van der Waals surface area contributed by atoms with Gasteiger partial charge >= 0.3 is 5.97 Å². The second-order valence-corrected chi connectivity index (χ2v) is 4.69. The Balaban J connectivity index is 2.37. The van der Waals surface area contributed by atoms with Crippen molar-refractivity contribution in [1.82, 2.24) is 4.37 Å². The molecule has 0 aliphatic heterocycles. The maximum Gasteiger partial charge on any atom is 0.340 e. The Bertz CT molecular complexity index is 590. The summed E-state index contributed by atoms with van der Waals surface area (Å²) in [5, 5.41) is 12.4. The van der Waals surface area contributed by atoms with Gasteiger partial charge in [0, 0.05) is 5.69 Å². The molecule has 0 saturated heterocycles. The zero-order valence-electron chi connectivity index (χ0n) is 9.82. The van der Waals surface area contributed by atoms with Gasteiger partial charge in [0.15, 0.2) is 0 Å². The standard InChI is InChI=1S/C12H11FN2O2S/c1-6-3-8(13)5-9(4-6)14-11-10(12(16)17)7(2)15-18-11/h3-5,14H,1-2H3,(H,16,17). The number of carbonyl (C=O) groups is 1. The minimum Gasteiger partial charge on any atom is -0.478 e. The third-order valence-corrected chi connectivity index (χ3v) is 3.23. The molecule has 1 aromatic heterocycles. The number of carboxylic acid groups (broad SMARTS) is 1. The van der Waals surface area contributed by atoms with Gasteiger partial charge in [0.25, 0.3) is 0 Å². The van der Waals surface area contributed by atoms with Crippen molar-refractivity contribution >= 4 is 28.2 Å². The predicted octanol–water partition coefficient (Wildman–Crippen LogP) is 3.34. The monoisotopic (exact) mass is 266 g/mol. The number of anilines is 2. The molecule has 0 radical (unpaired) electrons. The van der Waals surface area contributed by atoms with Crippen molar-refractivity contribution < 1.29 is 14.3 Å². The maximum atomic E-state index is 13.2. The van der Waals surface area contributed by atoms with Gasteiger partial charge in [-0.1, -0.05) is 0 Å². The average Bonchev–Trinajstić information content (AvgIpc) is 2.57. The molecule has 0 bridgehead atoms. The maximum absolute atomic E-state index is 13.2. The highest BCUT2D eigenvalue weighted by molar-refractivity contribution is 7.10. The van der Waals surface area contributed by atoms with Gasteiger partial charge in [-0.25, -0.2) is 9.18 Å². The van der Waals surface area contributed by atoms with E-state index in [-0.39, 0.29) is 11.4 Å². The molecule has 0 saturated carbocycles. The van der Waals surface area contributed by atoms with Crippen molar-refractivity contribution in [1.29, 1.82) is 0 Å². The molecule has 0 unspecified atom stereocenters. The molecule has 0 aliphatic rings. The molecule has 6 heteroatoms. The number of nitrogens with one attached hydrogen (secondary N) is 1.